The normalized spacial score (nSPS) is 37.6. The number of nitrogens with one attached hydrogen (secondary N) is 1. The fourth-order valence-electron chi connectivity index (χ4n) is 1.51. The van der Waals surface area contributed by atoms with Gasteiger partial charge in [-0.1, -0.05) is 0 Å². The maximum atomic E-state index is 11.1. The molecular formula is C9H17NO7. The van der Waals surface area contributed by atoms with Crippen molar-refractivity contribution >= 4 is 6.09 Å². The van der Waals surface area contributed by atoms with Gasteiger partial charge in [-0.3, -0.25) is 5.32 Å². The Kier molecular flexibility index (Phi) is 5.09. The van der Waals surface area contributed by atoms with Crippen molar-refractivity contribution in [2.45, 2.75) is 37.6 Å². The van der Waals surface area contributed by atoms with Crippen LogP contribution in [0.5, 0.6) is 0 Å². The molecule has 0 aromatic heterocycles. The lowest BCUT2D eigenvalue weighted by molar-refractivity contribution is -0.234. The molecule has 1 rings (SSSR count). The summed E-state index contributed by atoms with van der Waals surface area (Å²) in [6.07, 6.45) is -7.60. The number of carbonyl (C=O) groups excluding carboxylic acids is 1. The lowest BCUT2D eigenvalue weighted by Crippen LogP contribution is -2.63. The Morgan fingerprint density at radius 2 is 1.94 bits per heavy atom. The van der Waals surface area contributed by atoms with Gasteiger partial charge in [-0.15, -0.1) is 0 Å². The Hall–Kier alpha value is -0.930. The molecule has 1 amide bonds. The van der Waals surface area contributed by atoms with Crippen LogP contribution in [0.4, 0.5) is 4.79 Å². The molecule has 1 fully saturated rings. The predicted octanol–water partition coefficient (Wildman–Crippen LogP) is -2.47. The topological polar surface area (TPSA) is 128 Å². The molecule has 0 saturated carbocycles. The second-order valence-electron chi connectivity index (χ2n) is 3.61. The van der Waals surface area contributed by atoms with Crippen LogP contribution in [0.2, 0.25) is 0 Å². The Morgan fingerprint density at radius 1 is 1.29 bits per heavy atom. The third kappa shape index (κ3) is 3.27. The van der Waals surface area contributed by atoms with Crippen molar-refractivity contribution in [1.29, 1.82) is 0 Å². The van der Waals surface area contributed by atoms with Crippen LogP contribution in [-0.2, 0) is 9.47 Å². The van der Waals surface area contributed by atoms with E-state index in [9.17, 15) is 20.1 Å². The summed E-state index contributed by atoms with van der Waals surface area (Å²) in [5.74, 6) is 0. The van der Waals surface area contributed by atoms with Gasteiger partial charge in [0.05, 0.1) is 13.2 Å². The Balaban J connectivity index is 2.62. The Labute approximate surface area is 97.8 Å². The summed E-state index contributed by atoms with van der Waals surface area (Å²) in [4.78, 5) is 11.1. The summed E-state index contributed by atoms with van der Waals surface area (Å²) < 4.78 is 9.60. The quantitative estimate of drug-likeness (QED) is 0.376. The standard InChI is InChI=1S/C9H17NO7/c1-2-16-9(15)10-8-7(14)6(13)5(12)4(3-11)17-8/h4-8,11-14H,2-3H2,1H3,(H,10,15)/t4-,5-,6-,7+,8-/m1/s1. The third-order valence-electron chi connectivity index (χ3n) is 2.43. The SMILES string of the molecule is CCOC(=O)N[C@@H]1O[C@H](CO)[C@@H](O)[C@@H](O)[C@@H]1O. The van der Waals surface area contributed by atoms with Crippen LogP contribution in [0, 0.1) is 0 Å². The van der Waals surface area contributed by atoms with Crippen molar-refractivity contribution < 1.29 is 34.7 Å². The zero-order valence-corrected chi connectivity index (χ0v) is 9.31. The van der Waals surface area contributed by atoms with Gasteiger partial charge in [0.2, 0.25) is 0 Å². The maximum Gasteiger partial charge on any atom is 0.409 e. The van der Waals surface area contributed by atoms with E-state index in [1.807, 2.05) is 0 Å². The number of aliphatic hydroxyl groups excluding tert-OH is 4. The van der Waals surface area contributed by atoms with Crippen LogP contribution in [0.1, 0.15) is 6.92 Å². The zero-order valence-electron chi connectivity index (χ0n) is 9.31. The zero-order chi connectivity index (χ0) is 13.0. The largest absolute Gasteiger partial charge is 0.450 e. The van der Waals surface area contributed by atoms with E-state index in [0.717, 1.165) is 0 Å². The molecule has 5 atom stereocenters. The van der Waals surface area contributed by atoms with Gasteiger partial charge in [0.25, 0.3) is 0 Å². The number of alkyl carbamates (subject to hydrolysis) is 1. The number of hydrogen-bond donors (Lipinski definition) is 5. The van der Waals surface area contributed by atoms with Gasteiger partial charge in [-0.2, -0.15) is 0 Å². The number of hydrogen-bond acceptors (Lipinski definition) is 7. The maximum absolute atomic E-state index is 11.1. The molecule has 1 heterocycles. The van der Waals surface area contributed by atoms with Gasteiger partial charge in [-0.25, -0.2) is 4.79 Å². The molecule has 1 aliphatic rings. The minimum Gasteiger partial charge on any atom is -0.450 e. The minimum absolute atomic E-state index is 0.142. The first kappa shape index (κ1) is 14.1. The van der Waals surface area contributed by atoms with E-state index in [4.69, 9.17) is 9.84 Å². The molecule has 17 heavy (non-hydrogen) atoms. The summed E-state index contributed by atoms with van der Waals surface area (Å²) in [5, 5.41) is 39.5. The van der Waals surface area contributed by atoms with Crippen molar-refractivity contribution in [1.82, 2.24) is 5.32 Å². The average Bonchev–Trinajstić information content (AvgIpc) is 2.30. The first-order valence-electron chi connectivity index (χ1n) is 5.25. The van der Waals surface area contributed by atoms with Crippen LogP contribution in [0.15, 0.2) is 0 Å². The summed E-state index contributed by atoms with van der Waals surface area (Å²) in [7, 11) is 0. The third-order valence-corrected chi connectivity index (χ3v) is 2.43. The first-order chi connectivity index (χ1) is 8.01. The van der Waals surface area contributed by atoms with Crippen LogP contribution in [0.25, 0.3) is 0 Å². The molecule has 1 aliphatic heterocycles. The van der Waals surface area contributed by atoms with Crippen LogP contribution in [-0.4, -0.2) is 70.4 Å². The van der Waals surface area contributed by atoms with Crippen molar-refractivity contribution in [3.05, 3.63) is 0 Å². The number of carbonyl (C=O) groups is 1. The van der Waals surface area contributed by atoms with Gasteiger partial charge in [0, 0.05) is 0 Å². The number of aliphatic hydroxyl groups is 4. The smallest absolute Gasteiger partial charge is 0.409 e. The van der Waals surface area contributed by atoms with Crippen molar-refractivity contribution in [3.63, 3.8) is 0 Å². The number of amides is 1. The molecule has 0 aromatic rings. The molecule has 0 radical (unpaired) electrons. The highest BCUT2D eigenvalue weighted by Gasteiger charge is 2.44. The summed E-state index contributed by atoms with van der Waals surface area (Å²) >= 11 is 0. The molecule has 0 unspecified atom stereocenters. The lowest BCUT2D eigenvalue weighted by atomic mass is 9.98. The Morgan fingerprint density at radius 3 is 2.47 bits per heavy atom. The van der Waals surface area contributed by atoms with Gasteiger partial charge in [0.15, 0.2) is 6.23 Å². The van der Waals surface area contributed by atoms with Gasteiger partial charge in [0.1, 0.15) is 24.4 Å². The van der Waals surface area contributed by atoms with E-state index in [-0.39, 0.29) is 6.61 Å². The van der Waals surface area contributed by atoms with Crippen LogP contribution >= 0.6 is 0 Å². The van der Waals surface area contributed by atoms with E-state index >= 15 is 0 Å². The van der Waals surface area contributed by atoms with Crippen LogP contribution < -0.4 is 5.32 Å². The molecule has 0 aromatic carbocycles. The van der Waals surface area contributed by atoms with Crippen molar-refractivity contribution in [2.24, 2.45) is 0 Å². The molecule has 8 nitrogen and oxygen atoms in total. The van der Waals surface area contributed by atoms with E-state index in [1.165, 1.54) is 0 Å². The highest BCUT2D eigenvalue weighted by Crippen LogP contribution is 2.19. The van der Waals surface area contributed by atoms with E-state index in [0.29, 0.717) is 0 Å². The molecular weight excluding hydrogens is 234 g/mol. The summed E-state index contributed by atoms with van der Waals surface area (Å²) in [5.41, 5.74) is 0. The van der Waals surface area contributed by atoms with E-state index < -0.39 is 43.3 Å². The van der Waals surface area contributed by atoms with Gasteiger partial charge in [-0.05, 0) is 6.92 Å². The molecule has 0 spiro atoms. The number of rotatable bonds is 3. The van der Waals surface area contributed by atoms with E-state index in [2.05, 4.69) is 10.1 Å². The highest BCUT2D eigenvalue weighted by atomic mass is 16.6. The van der Waals surface area contributed by atoms with Crippen LogP contribution in [0.3, 0.4) is 0 Å². The van der Waals surface area contributed by atoms with Gasteiger partial charge >= 0.3 is 6.09 Å². The molecule has 0 bridgehead atoms. The molecule has 8 heteroatoms. The Bertz CT molecular complexity index is 260. The lowest BCUT2D eigenvalue weighted by Gasteiger charge is -2.39. The average molecular weight is 251 g/mol. The monoisotopic (exact) mass is 251 g/mol. The fraction of sp³-hybridized carbons (Fsp3) is 0.889. The molecule has 1 saturated heterocycles. The summed E-state index contributed by atoms with van der Waals surface area (Å²) in [6.45, 7) is 1.20. The van der Waals surface area contributed by atoms with Crippen molar-refractivity contribution in [3.8, 4) is 0 Å². The van der Waals surface area contributed by atoms with E-state index in [1.54, 1.807) is 6.92 Å². The fourth-order valence-corrected chi connectivity index (χ4v) is 1.51. The first-order valence-corrected chi connectivity index (χ1v) is 5.25. The summed E-state index contributed by atoms with van der Waals surface area (Å²) in [6, 6.07) is 0. The minimum atomic E-state index is -1.52. The predicted molar refractivity (Wildman–Crippen MR) is 53.9 cm³/mol. The van der Waals surface area contributed by atoms with Gasteiger partial charge < -0.3 is 29.9 Å². The molecule has 0 aliphatic carbocycles. The molecule has 5 N–H and O–H groups in total. The number of ether oxygens (including phenoxy) is 2. The highest BCUT2D eigenvalue weighted by molar-refractivity contribution is 5.67. The van der Waals surface area contributed by atoms with Crippen molar-refractivity contribution in [2.75, 3.05) is 13.2 Å². The molecule has 100 valence electrons. The second-order valence-corrected chi connectivity index (χ2v) is 3.61. The second kappa shape index (κ2) is 6.12.